The topological polar surface area (TPSA) is 49.4 Å². The Labute approximate surface area is 160 Å². The van der Waals surface area contributed by atoms with E-state index in [0.29, 0.717) is 17.7 Å². The normalized spacial score (nSPS) is 13.9. The molecule has 0 atom stereocenters. The van der Waals surface area contributed by atoms with E-state index in [1.807, 2.05) is 70.2 Å². The summed E-state index contributed by atoms with van der Waals surface area (Å²) in [7, 11) is 0. The second-order valence-corrected chi connectivity index (χ2v) is 8.69. The molecule has 2 aromatic carbocycles. The molecule has 2 amide bonds. The van der Waals surface area contributed by atoms with E-state index in [1.165, 1.54) is 0 Å². The zero-order chi connectivity index (χ0) is 18.9. The van der Waals surface area contributed by atoms with E-state index >= 15 is 0 Å². The first-order valence-corrected chi connectivity index (χ1v) is 9.71. The highest BCUT2D eigenvalue weighted by Gasteiger charge is 2.26. The minimum Gasteiger partial charge on any atom is -0.347 e. The second-order valence-electron chi connectivity index (χ2n) is 7.56. The van der Waals surface area contributed by atoms with E-state index in [0.717, 1.165) is 21.9 Å². The Morgan fingerprint density at radius 3 is 2.38 bits per heavy atom. The lowest BCUT2D eigenvalue weighted by Crippen LogP contribution is -2.41. The van der Waals surface area contributed by atoms with E-state index in [9.17, 15) is 9.59 Å². The van der Waals surface area contributed by atoms with Crippen molar-refractivity contribution in [2.45, 2.75) is 38.1 Å². The average molecular weight is 371 g/mol. The van der Waals surface area contributed by atoms with Crippen LogP contribution in [0.25, 0.3) is 0 Å². The monoisotopic (exact) mass is 370 g/mol. The number of amides is 2. The number of thioether (sulfide) groups is 1. The fraction of sp³-hybridized carbons (Fsp3) is 0.333. The minimum absolute atomic E-state index is 0. The van der Waals surface area contributed by atoms with Gasteiger partial charge in [0.15, 0.2) is 0 Å². The number of rotatable bonds is 2. The summed E-state index contributed by atoms with van der Waals surface area (Å²) in [5.41, 5.74) is 2.87. The van der Waals surface area contributed by atoms with E-state index < -0.39 is 0 Å². The molecular formula is C21H26N2O2S. The third-order valence-corrected chi connectivity index (χ3v) is 5.16. The number of nitrogens with zero attached hydrogens (tertiary/aromatic N) is 1. The maximum atomic E-state index is 13.0. The summed E-state index contributed by atoms with van der Waals surface area (Å²) in [5, 5.41) is 2.98. The van der Waals surface area contributed by atoms with Crippen LogP contribution in [0.1, 0.15) is 48.5 Å². The zero-order valence-corrected chi connectivity index (χ0v) is 16.4. The molecule has 26 heavy (non-hydrogen) atoms. The Morgan fingerprint density at radius 1 is 1.08 bits per heavy atom. The first-order valence-electron chi connectivity index (χ1n) is 8.72. The van der Waals surface area contributed by atoms with Crippen molar-refractivity contribution in [3.63, 3.8) is 0 Å². The van der Waals surface area contributed by atoms with Gasteiger partial charge in [0.05, 0.1) is 5.69 Å². The average Bonchev–Trinajstić information content (AvgIpc) is 2.59. The molecule has 1 aliphatic rings. The number of hydrogen-bond donors (Lipinski definition) is 1. The van der Waals surface area contributed by atoms with Crippen LogP contribution in [0, 0.1) is 6.92 Å². The van der Waals surface area contributed by atoms with Crippen LogP contribution < -0.4 is 10.2 Å². The molecule has 1 aliphatic heterocycles. The number of benzene rings is 2. The lowest BCUT2D eigenvalue weighted by atomic mass is 10.1. The zero-order valence-electron chi connectivity index (χ0n) is 15.6. The molecule has 0 aromatic heterocycles. The molecule has 1 N–H and O–H groups in total. The maximum absolute atomic E-state index is 13.0. The van der Waals surface area contributed by atoms with Crippen molar-refractivity contribution in [1.29, 1.82) is 0 Å². The Bertz CT molecular complexity index is 844. The van der Waals surface area contributed by atoms with Gasteiger partial charge in [0, 0.05) is 35.3 Å². The van der Waals surface area contributed by atoms with Gasteiger partial charge in [0.25, 0.3) is 11.8 Å². The van der Waals surface area contributed by atoms with Crippen molar-refractivity contribution in [3.05, 3.63) is 59.2 Å². The lowest BCUT2D eigenvalue weighted by Gasteiger charge is -2.30. The molecule has 0 radical (unpaired) electrons. The van der Waals surface area contributed by atoms with Gasteiger partial charge in [-0.1, -0.05) is 17.7 Å². The molecule has 0 unspecified atom stereocenters. The molecule has 2 aromatic rings. The molecule has 1 heterocycles. The molecule has 4 nitrogen and oxygen atoms in total. The summed E-state index contributed by atoms with van der Waals surface area (Å²) >= 11 is 1.72. The van der Waals surface area contributed by atoms with Crippen molar-refractivity contribution < 1.29 is 11.0 Å². The third kappa shape index (κ3) is 4.10. The van der Waals surface area contributed by atoms with Crippen molar-refractivity contribution in [1.82, 2.24) is 5.32 Å². The van der Waals surface area contributed by atoms with Crippen LogP contribution in [0.3, 0.4) is 0 Å². The summed E-state index contributed by atoms with van der Waals surface area (Å²) in [6.45, 7) is 8.49. The van der Waals surface area contributed by atoms with Crippen LogP contribution in [0.5, 0.6) is 0 Å². The van der Waals surface area contributed by atoms with Crippen LogP contribution in [0.4, 0.5) is 5.69 Å². The number of carbonyl (C=O) groups is 2. The van der Waals surface area contributed by atoms with E-state index in [4.69, 9.17) is 0 Å². The fourth-order valence-electron chi connectivity index (χ4n) is 2.83. The fourth-order valence-corrected chi connectivity index (χ4v) is 3.81. The van der Waals surface area contributed by atoms with Gasteiger partial charge < -0.3 is 10.2 Å². The summed E-state index contributed by atoms with van der Waals surface area (Å²) in [6, 6.07) is 13.2. The van der Waals surface area contributed by atoms with Crippen LogP contribution in [-0.2, 0) is 0 Å². The van der Waals surface area contributed by atoms with E-state index in [-0.39, 0.29) is 18.8 Å². The van der Waals surface area contributed by atoms with Gasteiger partial charge in [0.2, 0.25) is 0 Å². The van der Waals surface area contributed by atoms with Crippen LogP contribution in [0.15, 0.2) is 47.4 Å². The molecule has 0 spiro atoms. The molecular weight excluding hydrogens is 344 g/mol. The SMILES string of the molecule is Cc1ccc(C(=O)N2CCSc3ccc(C(=O)NC(C)(C)C)cc32)cc1.[HH]. The highest BCUT2D eigenvalue weighted by atomic mass is 32.2. The van der Waals surface area contributed by atoms with Crippen molar-refractivity contribution >= 4 is 29.3 Å². The molecule has 5 heteroatoms. The number of carbonyl (C=O) groups excluding carboxylic acids is 2. The van der Waals surface area contributed by atoms with Crippen molar-refractivity contribution in [2.75, 3.05) is 17.2 Å². The largest absolute Gasteiger partial charge is 0.347 e. The Morgan fingerprint density at radius 2 is 1.73 bits per heavy atom. The predicted octanol–water partition coefficient (Wildman–Crippen LogP) is 4.52. The standard InChI is InChI=1S/C21H24N2O2S.H2/c1-14-5-7-15(8-6-14)20(25)23-11-12-26-18-10-9-16(13-17(18)23)19(24)22-21(2,3)4;/h5-10,13H,11-12H2,1-4H3,(H,22,24);1H. The second kappa shape index (κ2) is 7.16. The summed E-state index contributed by atoms with van der Waals surface area (Å²) in [5.74, 6) is 0.691. The number of nitrogens with one attached hydrogen (secondary N) is 1. The minimum atomic E-state index is -0.306. The van der Waals surface area contributed by atoms with Crippen molar-refractivity contribution in [2.24, 2.45) is 0 Å². The van der Waals surface area contributed by atoms with Crippen LogP contribution >= 0.6 is 11.8 Å². The summed E-state index contributed by atoms with van der Waals surface area (Å²) < 4.78 is 0. The van der Waals surface area contributed by atoms with Gasteiger partial charge in [0.1, 0.15) is 0 Å². The van der Waals surface area contributed by atoms with Gasteiger partial charge in [-0.05, 0) is 58.0 Å². The van der Waals surface area contributed by atoms with Gasteiger partial charge in [-0.25, -0.2) is 0 Å². The summed E-state index contributed by atoms with van der Waals surface area (Å²) in [4.78, 5) is 28.3. The van der Waals surface area contributed by atoms with Crippen LogP contribution in [0.2, 0.25) is 0 Å². The van der Waals surface area contributed by atoms with Crippen molar-refractivity contribution in [3.8, 4) is 0 Å². The van der Waals surface area contributed by atoms with E-state index in [2.05, 4.69) is 5.32 Å². The number of hydrogen-bond acceptors (Lipinski definition) is 3. The molecule has 0 saturated carbocycles. The lowest BCUT2D eigenvalue weighted by molar-refractivity contribution is 0.0917. The molecule has 0 saturated heterocycles. The highest BCUT2D eigenvalue weighted by Crippen LogP contribution is 2.36. The van der Waals surface area contributed by atoms with Gasteiger partial charge in [-0.15, -0.1) is 11.8 Å². The Kier molecular flexibility index (Phi) is 5.10. The van der Waals surface area contributed by atoms with Gasteiger partial charge >= 0.3 is 0 Å². The third-order valence-electron chi connectivity index (χ3n) is 4.12. The maximum Gasteiger partial charge on any atom is 0.258 e. The smallest absolute Gasteiger partial charge is 0.258 e. The molecule has 0 aliphatic carbocycles. The van der Waals surface area contributed by atoms with Gasteiger partial charge in [-0.3, -0.25) is 9.59 Å². The predicted molar refractivity (Wildman–Crippen MR) is 109 cm³/mol. The molecule has 138 valence electrons. The van der Waals surface area contributed by atoms with E-state index in [1.54, 1.807) is 16.7 Å². The quantitative estimate of drug-likeness (QED) is 0.845. The van der Waals surface area contributed by atoms with Crippen LogP contribution in [-0.4, -0.2) is 29.7 Å². The molecule has 3 rings (SSSR count). The molecule has 0 fully saturated rings. The highest BCUT2D eigenvalue weighted by molar-refractivity contribution is 7.99. The number of fused-ring (bicyclic) bond motifs is 1. The van der Waals surface area contributed by atoms with Gasteiger partial charge in [-0.2, -0.15) is 0 Å². The Hall–Kier alpha value is -2.27. The number of anilines is 1. The molecule has 0 bridgehead atoms. The first-order chi connectivity index (χ1) is 12.2. The summed E-state index contributed by atoms with van der Waals surface area (Å²) in [6.07, 6.45) is 0. The number of aryl methyl sites for hydroxylation is 1. The first kappa shape index (κ1) is 18.5. The Balaban J connectivity index is 0.00000261.